The minimum Gasteiger partial charge on any atom is -0.497 e. The first-order valence-electron chi connectivity index (χ1n) is 5.35. The van der Waals surface area contributed by atoms with E-state index in [0.29, 0.717) is 0 Å². The molecule has 0 amide bonds. The molecule has 0 saturated carbocycles. The van der Waals surface area contributed by atoms with Crippen LogP contribution in [0.1, 0.15) is 16.1 Å². The van der Waals surface area contributed by atoms with E-state index in [1.165, 1.54) is 18.6 Å². The fraction of sp³-hybridized carbons (Fsp3) is 0.154. The van der Waals surface area contributed by atoms with Crippen LogP contribution in [0, 0.1) is 0 Å². The van der Waals surface area contributed by atoms with Crippen molar-refractivity contribution in [3.8, 4) is 5.75 Å². The highest BCUT2D eigenvalue weighted by molar-refractivity contribution is 5.86. The molecule has 0 bridgehead atoms. The summed E-state index contributed by atoms with van der Waals surface area (Å²) in [4.78, 5) is 19.1. The first-order chi connectivity index (χ1) is 8.79. The zero-order chi connectivity index (χ0) is 12.8. The zero-order valence-electron chi connectivity index (χ0n) is 9.87. The molecule has 0 fully saturated rings. The van der Waals surface area contributed by atoms with Crippen molar-refractivity contribution in [1.29, 1.82) is 0 Å². The number of hydrogen-bond donors (Lipinski definition) is 0. The van der Waals surface area contributed by atoms with E-state index in [4.69, 9.17) is 9.47 Å². The zero-order valence-corrected chi connectivity index (χ0v) is 9.87. The van der Waals surface area contributed by atoms with Crippen molar-refractivity contribution >= 4 is 5.97 Å². The van der Waals surface area contributed by atoms with Gasteiger partial charge in [0.15, 0.2) is 5.69 Å². The molecule has 5 heteroatoms. The van der Waals surface area contributed by atoms with Crippen LogP contribution in [-0.2, 0) is 11.3 Å². The largest absolute Gasteiger partial charge is 0.497 e. The van der Waals surface area contributed by atoms with Gasteiger partial charge in [0.05, 0.1) is 7.11 Å². The number of aromatic nitrogens is 2. The van der Waals surface area contributed by atoms with E-state index in [9.17, 15) is 4.79 Å². The summed E-state index contributed by atoms with van der Waals surface area (Å²) in [5, 5.41) is 0. The minimum atomic E-state index is -0.465. The second kappa shape index (κ2) is 5.77. The number of nitrogens with zero attached hydrogens (tertiary/aromatic N) is 2. The van der Waals surface area contributed by atoms with Crippen LogP contribution < -0.4 is 4.74 Å². The van der Waals surface area contributed by atoms with E-state index in [0.717, 1.165) is 11.3 Å². The van der Waals surface area contributed by atoms with Crippen molar-refractivity contribution in [2.75, 3.05) is 7.11 Å². The van der Waals surface area contributed by atoms with Crippen LogP contribution in [0.4, 0.5) is 0 Å². The van der Waals surface area contributed by atoms with Gasteiger partial charge >= 0.3 is 5.97 Å². The molecule has 2 aromatic rings. The summed E-state index contributed by atoms with van der Waals surface area (Å²) in [7, 11) is 1.60. The maximum atomic E-state index is 11.6. The molecule has 0 aliphatic rings. The predicted molar refractivity (Wildman–Crippen MR) is 64.1 cm³/mol. The quantitative estimate of drug-likeness (QED) is 0.768. The molecule has 2 rings (SSSR count). The minimum absolute atomic E-state index is 0.201. The normalized spacial score (nSPS) is 9.83. The summed E-state index contributed by atoms with van der Waals surface area (Å²) in [5.41, 5.74) is 1.14. The third-order valence-electron chi connectivity index (χ3n) is 2.32. The highest BCUT2D eigenvalue weighted by atomic mass is 16.5. The van der Waals surface area contributed by atoms with E-state index in [2.05, 4.69) is 9.97 Å². The van der Waals surface area contributed by atoms with Gasteiger partial charge in [-0.05, 0) is 23.8 Å². The van der Waals surface area contributed by atoms with Crippen molar-refractivity contribution in [1.82, 2.24) is 9.97 Å². The second-order valence-electron chi connectivity index (χ2n) is 3.52. The van der Waals surface area contributed by atoms with Gasteiger partial charge in [-0.15, -0.1) is 0 Å². The smallest absolute Gasteiger partial charge is 0.357 e. The van der Waals surface area contributed by atoms with Crippen LogP contribution in [0.5, 0.6) is 5.75 Å². The Kier molecular flexibility index (Phi) is 3.86. The maximum Gasteiger partial charge on any atom is 0.357 e. The molecule has 1 aromatic heterocycles. The molecule has 0 aliphatic carbocycles. The van der Waals surface area contributed by atoms with Crippen LogP contribution in [0.15, 0.2) is 42.9 Å². The summed E-state index contributed by atoms with van der Waals surface area (Å²) < 4.78 is 10.2. The molecular formula is C13H12N2O3. The first-order valence-corrected chi connectivity index (χ1v) is 5.35. The van der Waals surface area contributed by atoms with Gasteiger partial charge in [-0.1, -0.05) is 12.1 Å². The number of carbonyl (C=O) groups is 1. The molecule has 0 radical (unpaired) electrons. The Hall–Kier alpha value is -2.43. The van der Waals surface area contributed by atoms with Crippen molar-refractivity contribution in [2.45, 2.75) is 6.61 Å². The number of ether oxygens (including phenoxy) is 2. The van der Waals surface area contributed by atoms with Crippen molar-refractivity contribution in [3.63, 3.8) is 0 Å². The monoisotopic (exact) mass is 244 g/mol. The van der Waals surface area contributed by atoms with Gasteiger partial charge in [0, 0.05) is 6.20 Å². The highest BCUT2D eigenvalue weighted by Gasteiger charge is 2.07. The summed E-state index contributed by atoms with van der Waals surface area (Å²) >= 11 is 0. The van der Waals surface area contributed by atoms with Crippen LogP contribution >= 0.6 is 0 Å². The molecule has 0 spiro atoms. The fourth-order valence-corrected chi connectivity index (χ4v) is 1.36. The lowest BCUT2D eigenvalue weighted by atomic mass is 10.2. The standard InChI is InChI=1S/C13H12N2O3/c1-17-11-4-2-10(3-5-11)8-18-13(16)12-6-7-14-9-15-12/h2-7,9H,8H2,1H3. The van der Waals surface area contributed by atoms with Crippen molar-refractivity contribution in [2.24, 2.45) is 0 Å². The van der Waals surface area contributed by atoms with Gasteiger partial charge in [0.1, 0.15) is 18.7 Å². The molecule has 1 heterocycles. The Morgan fingerprint density at radius 2 is 2.00 bits per heavy atom. The third kappa shape index (κ3) is 3.04. The second-order valence-corrected chi connectivity index (χ2v) is 3.52. The Bertz CT molecular complexity index is 512. The van der Waals surface area contributed by atoms with E-state index in [-0.39, 0.29) is 12.3 Å². The lowest BCUT2D eigenvalue weighted by Crippen LogP contribution is -2.07. The molecule has 0 unspecified atom stereocenters. The lowest BCUT2D eigenvalue weighted by Gasteiger charge is -2.05. The number of benzene rings is 1. The summed E-state index contributed by atoms with van der Waals surface area (Å²) in [6.07, 6.45) is 2.81. The molecule has 1 aromatic carbocycles. The average Bonchev–Trinajstić information content (AvgIpc) is 2.46. The van der Waals surface area contributed by atoms with Crippen molar-refractivity contribution < 1.29 is 14.3 Å². The Balaban J connectivity index is 1.93. The highest BCUT2D eigenvalue weighted by Crippen LogP contribution is 2.12. The predicted octanol–water partition coefficient (Wildman–Crippen LogP) is 1.84. The van der Waals surface area contributed by atoms with Crippen molar-refractivity contribution in [3.05, 3.63) is 54.1 Å². The topological polar surface area (TPSA) is 61.3 Å². The average molecular weight is 244 g/mol. The van der Waals surface area contributed by atoms with Gasteiger partial charge in [-0.2, -0.15) is 0 Å². The molecule has 18 heavy (non-hydrogen) atoms. The number of rotatable bonds is 4. The lowest BCUT2D eigenvalue weighted by molar-refractivity contribution is 0.0465. The molecule has 92 valence electrons. The van der Waals surface area contributed by atoms with Crippen LogP contribution in [0.2, 0.25) is 0 Å². The van der Waals surface area contributed by atoms with Gasteiger partial charge < -0.3 is 9.47 Å². The fourth-order valence-electron chi connectivity index (χ4n) is 1.36. The SMILES string of the molecule is COc1ccc(COC(=O)c2ccncn2)cc1. The molecule has 0 aliphatic heterocycles. The molecular weight excluding hydrogens is 232 g/mol. The first kappa shape index (κ1) is 12.0. The van der Waals surface area contributed by atoms with Gasteiger partial charge in [0.2, 0.25) is 0 Å². The van der Waals surface area contributed by atoms with Crippen LogP contribution in [0.3, 0.4) is 0 Å². The Morgan fingerprint density at radius 3 is 2.61 bits per heavy atom. The van der Waals surface area contributed by atoms with Gasteiger partial charge in [-0.3, -0.25) is 0 Å². The number of hydrogen-bond acceptors (Lipinski definition) is 5. The van der Waals surface area contributed by atoms with E-state index in [1.807, 2.05) is 24.3 Å². The van der Waals surface area contributed by atoms with E-state index < -0.39 is 5.97 Å². The van der Waals surface area contributed by atoms with Gasteiger partial charge in [-0.25, -0.2) is 14.8 Å². The van der Waals surface area contributed by atoms with E-state index >= 15 is 0 Å². The Morgan fingerprint density at radius 1 is 1.22 bits per heavy atom. The molecule has 0 saturated heterocycles. The number of carbonyl (C=O) groups excluding carboxylic acids is 1. The van der Waals surface area contributed by atoms with Gasteiger partial charge in [0.25, 0.3) is 0 Å². The number of methoxy groups -OCH3 is 1. The molecule has 5 nitrogen and oxygen atoms in total. The van der Waals surface area contributed by atoms with Crippen LogP contribution in [-0.4, -0.2) is 23.0 Å². The molecule has 0 atom stereocenters. The Labute approximate surface area is 104 Å². The third-order valence-corrected chi connectivity index (χ3v) is 2.32. The van der Waals surface area contributed by atoms with Crippen LogP contribution in [0.25, 0.3) is 0 Å². The van der Waals surface area contributed by atoms with E-state index in [1.54, 1.807) is 7.11 Å². The molecule has 0 N–H and O–H groups in total. The maximum absolute atomic E-state index is 11.6. The summed E-state index contributed by atoms with van der Waals surface area (Å²) in [6, 6.07) is 8.82. The summed E-state index contributed by atoms with van der Waals surface area (Å²) in [5.74, 6) is 0.300. The number of esters is 1. The summed E-state index contributed by atoms with van der Waals surface area (Å²) in [6.45, 7) is 0.201.